The van der Waals surface area contributed by atoms with Crippen molar-refractivity contribution in [1.29, 1.82) is 5.26 Å². The third-order valence-electron chi connectivity index (χ3n) is 7.10. The van der Waals surface area contributed by atoms with Crippen molar-refractivity contribution in [2.24, 2.45) is 11.8 Å². The van der Waals surface area contributed by atoms with Crippen LogP contribution in [0.25, 0.3) is 11.1 Å². The first-order valence-corrected chi connectivity index (χ1v) is 11.2. The van der Waals surface area contributed by atoms with E-state index in [4.69, 9.17) is 9.26 Å². The van der Waals surface area contributed by atoms with Gasteiger partial charge in [-0.15, -0.1) is 12.4 Å². The molecule has 1 aliphatic carbocycles. The molecule has 12 heteroatoms. The predicted molar refractivity (Wildman–Crippen MR) is 127 cm³/mol. The van der Waals surface area contributed by atoms with Gasteiger partial charge in [-0.1, -0.05) is 11.2 Å². The second-order valence-corrected chi connectivity index (χ2v) is 8.95. The highest BCUT2D eigenvalue weighted by Gasteiger charge is 2.69. The number of ether oxygens (including phenoxy) is 1. The normalized spacial score (nSPS) is 26.1. The van der Waals surface area contributed by atoms with Crippen LogP contribution in [-0.4, -0.2) is 48.5 Å². The van der Waals surface area contributed by atoms with Crippen LogP contribution in [0, 0.1) is 34.8 Å². The lowest BCUT2D eigenvalue weighted by Gasteiger charge is -2.16. The fourth-order valence-corrected chi connectivity index (χ4v) is 5.28. The Morgan fingerprint density at radius 1 is 1.22 bits per heavy atom. The molecule has 9 nitrogen and oxygen atoms in total. The molecule has 0 radical (unpaired) electrons. The number of piperidine rings is 1. The summed E-state index contributed by atoms with van der Waals surface area (Å²) in [5.41, 5.74) is 0.0750. The number of carbonyl (C=O) groups excluding carboxylic acids is 1. The molecule has 0 bridgehead atoms. The molecule has 3 aromatic rings. The first-order chi connectivity index (χ1) is 17.0. The van der Waals surface area contributed by atoms with Gasteiger partial charge in [-0.05, 0) is 18.2 Å². The van der Waals surface area contributed by atoms with Crippen LogP contribution < -0.4 is 15.5 Å². The number of hydrogen-bond acceptors (Lipinski definition) is 8. The molecule has 1 amide bonds. The molecule has 2 aromatic heterocycles. The van der Waals surface area contributed by atoms with Crippen molar-refractivity contribution in [3.8, 4) is 17.2 Å². The Morgan fingerprint density at radius 2 is 1.97 bits per heavy atom. The van der Waals surface area contributed by atoms with E-state index in [2.05, 4.69) is 26.8 Å². The lowest BCUT2D eigenvalue weighted by Crippen LogP contribution is -2.27. The minimum atomic E-state index is -0.825. The van der Waals surface area contributed by atoms with Gasteiger partial charge in [-0.2, -0.15) is 5.26 Å². The molecule has 3 atom stereocenters. The number of nitrogens with zero attached hydrogens (tertiary/aromatic N) is 4. The molecule has 1 aromatic carbocycles. The highest BCUT2D eigenvalue weighted by atomic mass is 35.5. The zero-order chi connectivity index (χ0) is 24.2. The maximum atomic E-state index is 15.1. The van der Waals surface area contributed by atoms with Crippen molar-refractivity contribution in [3.05, 3.63) is 60.1 Å². The molecule has 1 saturated carbocycles. The van der Waals surface area contributed by atoms with E-state index in [9.17, 15) is 10.1 Å². The number of cyclic esters (lactones) is 1. The number of amides is 1. The van der Waals surface area contributed by atoms with Gasteiger partial charge in [0.15, 0.2) is 5.82 Å². The zero-order valence-corrected chi connectivity index (χ0v) is 19.6. The SMILES string of the molecule is Cl.N#CC1(c2ccc(-c3c(F)cc(N4C[C@@H](CNc5ccon5)OC4=O)cc3F)cn2)C2CNCC21. The molecule has 4 heterocycles. The largest absolute Gasteiger partial charge is 0.442 e. The highest BCUT2D eigenvalue weighted by Crippen LogP contribution is 2.60. The van der Waals surface area contributed by atoms with Crippen LogP contribution in [-0.2, 0) is 10.2 Å². The van der Waals surface area contributed by atoms with Gasteiger partial charge in [0.1, 0.15) is 29.4 Å². The number of nitriles is 1. The van der Waals surface area contributed by atoms with Gasteiger partial charge in [0.2, 0.25) is 0 Å². The molecule has 3 fully saturated rings. The summed E-state index contributed by atoms with van der Waals surface area (Å²) in [6.07, 6.45) is 1.57. The van der Waals surface area contributed by atoms with Gasteiger partial charge in [0.05, 0.1) is 36.1 Å². The van der Waals surface area contributed by atoms with Gasteiger partial charge < -0.3 is 19.9 Å². The quantitative estimate of drug-likeness (QED) is 0.513. The standard InChI is InChI=1S/C24H20F2N6O3.ClH/c25-18-5-14(32-11-15(35-23(32)33)8-30-21-3-4-34-31-21)6-19(26)22(18)13-1-2-20(29-7-13)24(12-27)16-9-28-10-17(16)24;/h1-7,15-17,28H,8-11H2,(H,30,31);1H/t15-,16?,17?,24?;/m1./s1. The van der Waals surface area contributed by atoms with E-state index in [0.29, 0.717) is 11.5 Å². The number of pyridine rings is 1. The van der Waals surface area contributed by atoms with Crippen LogP contribution in [0.2, 0.25) is 0 Å². The Kier molecular flexibility index (Phi) is 6.02. The number of rotatable bonds is 6. The van der Waals surface area contributed by atoms with Crippen LogP contribution >= 0.6 is 12.4 Å². The molecule has 2 saturated heterocycles. The Hall–Kier alpha value is -3.75. The Morgan fingerprint density at radius 3 is 2.58 bits per heavy atom. The van der Waals surface area contributed by atoms with E-state index < -0.39 is 29.2 Å². The van der Waals surface area contributed by atoms with Gasteiger partial charge in [-0.25, -0.2) is 13.6 Å². The number of benzene rings is 1. The smallest absolute Gasteiger partial charge is 0.414 e. The van der Waals surface area contributed by atoms with E-state index in [1.165, 1.54) is 17.4 Å². The van der Waals surface area contributed by atoms with Crippen LogP contribution in [0.15, 0.2) is 47.3 Å². The molecule has 2 N–H and O–H groups in total. The average Bonchev–Trinajstić information content (AvgIpc) is 3.38. The van der Waals surface area contributed by atoms with Gasteiger partial charge in [-0.3, -0.25) is 9.88 Å². The minimum Gasteiger partial charge on any atom is -0.442 e. The van der Waals surface area contributed by atoms with E-state index >= 15 is 8.78 Å². The lowest BCUT2D eigenvalue weighted by atomic mass is 9.95. The first-order valence-electron chi connectivity index (χ1n) is 11.2. The minimum absolute atomic E-state index is 0. The summed E-state index contributed by atoms with van der Waals surface area (Å²) in [7, 11) is 0. The summed E-state index contributed by atoms with van der Waals surface area (Å²) < 4.78 is 40.2. The molecule has 3 aliphatic rings. The summed E-state index contributed by atoms with van der Waals surface area (Å²) in [6, 6.07) is 9.49. The average molecular weight is 515 g/mol. The monoisotopic (exact) mass is 514 g/mol. The number of halogens is 3. The summed E-state index contributed by atoms with van der Waals surface area (Å²) in [5.74, 6) is -0.728. The maximum Gasteiger partial charge on any atom is 0.414 e. The fraction of sp³-hybridized carbons (Fsp3) is 0.333. The molecule has 186 valence electrons. The second kappa shape index (κ2) is 9.04. The number of anilines is 2. The number of fused-ring (bicyclic) bond motifs is 1. The number of nitrogens with one attached hydrogen (secondary N) is 2. The maximum absolute atomic E-state index is 15.1. The van der Waals surface area contributed by atoms with Gasteiger partial charge in [0.25, 0.3) is 0 Å². The van der Waals surface area contributed by atoms with E-state index in [1.807, 2.05) is 0 Å². The van der Waals surface area contributed by atoms with Crippen molar-refractivity contribution in [2.45, 2.75) is 11.5 Å². The molecule has 2 unspecified atom stereocenters. The van der Waals surface area contributed by atoms with E-state index in [-0.39, 0.29) is 54.1 Å². The van der Waals surface area contributed by atoms with Crippen LogP contribution in [0.5, 0.6) is 0 Å². The Balaban J connectivity index is 0.00000267. The zero-order valence-electron chi connectivity index (χ0n) is 18.8. The summed E-state index contributed by atoms with van der Waals surface area (Å²) in [5, 5.41) is 19.7. The number of carbonyl (C=O) groups is 1. The van der Waals surface area contributed by atoms with Crippen molar-refractivity contribution < 1.29 is 22.8 Å². The van der Waals surface area contributed by atoms with E-state index in [0.717, 1.165) is 25.2 Å². The predicted octanol–water partition coefficient (Wildman–Crippen LogP) is 3.48. The van der Waals surface area contributed by atoms with Crippen LogP contribution in [0.3, 0.4) is 0 Å². The van der Waals surface area contributed by atoms with Crippen molar-refractivity contribution in [1.82, 2.24) is 15.5 Å². The summed E-state index contributed by atoms with van der Waals surface area (Å²) in [6.45, 7) is 1.91. The molecule has 36 heavy (non-hydrogen) atoms. The van der Waals surface area contributed by atoms with Crippen molar-refractivity contribution >= 4 is 30.0 Å². The van der Waals surface area contributed by atoms with Crippen LogP contribution in [0.1, 0.15) is 5.69 Å². The highest BCUT2D eigenvalue weighted by molar-refractivity contribution is 5.90. The third kappa shape index (κ3) is 3.73. The van der Waals surface area contributed by atoms with Crippen molar-refractivity contribution in [3.63, 3.8) is 0 Å². The number of aromatic nitrogens is 2. The summed E-state index contributed by atoms with van der Waals surface area (Å²) in [4.78, 5) is 17.9. The molecule has 0 spiro atoms. The van der Waals surface area contributed by atoms with E-state index in [1.54, 1.807) is 18.2 Å². The van der Waals surface area contributed by atoms with Gasteiger partial charge >= 0.3 is 6.09 Å². The lowest BCUT2D eigenvalue weighted by molar-refractivity contribution is 0.147. The number of hydrogen-bond donors (Lipinski definition) is 2. The molecular weight excluding hydrogens is 494 g/mol. The molecular formula is C24H21ClF2N6O3. The summed E-state index contributed by atoms with van der Waals surface area (Å²) >= 11 is 0. The topological polar surface area (TPSA) is 116 Å². The van der Waals surface area contributed by atoms with Crippen molar-refractivity contribution in [2.75, 3.05) is 36.4 Å². The van der Waals surface area contributed by atoms with Gasteiger partial charge in [0, 0.05) is 42.8 Å². The fourth-order valence-electron chi connectivity index (χ4n) is 5.28. The second-order valence-electron chi connectivity index (χ2n) is 8.95. The third-order valence-corrected chi connectivity index (χ3v) is 7.10. The molecule has 6 rings (SSSR count). The first kappa shape index (κ1) is 24.0. The van der Waals surface area contributed by atoms with Crippen LogP contribution in [0.4, 0.5) is 25.1 Å². The molecule has 2 aliphatic heterocycles. The Bertz CT molecular complexity index is 1300. The Labute approximate surface area is 210 Å².